The second-order valence-corrected chi connectivity index (χ2v) is 4.15. The number of aliphatic hydroxyl groups is 1. The predicted octanol–water partition coefficient (Wildman–Crippen LogP) is -1.21. The summed E-state index contributed by atoms with van der Waals surface area (Å²) in [5.74, 6) is -3.55. The Bertz CT molecular complexity index is 531. The van der Waals surface area contributed by atoms with E-state index in [0.29, 0.717) is 5.69 Å². The lowest BCUT2D eigenvalue weighted by Crippen LogP contribution is -2.58. The van der Waals surface area contributed by atoms with Crippen LogP contribution in [0.2, 0.25) is 0 Å². The molecule has 18 heavy (non-hydrogen) atoms. The molecule has 0 spiro atoms. The fourth-order valence-electron chi connectivity index (χ4n) is 1.81. The highest BCUT2D eigenvalue weighted by Gasteiger charge is 2.42. The SMILES string of the molecule is CN1CC(O)(C(N)=O)Oc2cc(C(N)=O)ccc21. The van der Waals surface area contributed by atoms with E-state index in [2.05, 4.69) is 0 Å². The molecule has 1 heterocycles. The van der Waals surface area contributed by atoms with Gasteiger partial charge < -0.3 is 26.2 Å². The minimum atomic E-state index is -2.11. The Labute approximate surface area is 103 Å². The number of amides is 2. The highest BCUT2D eigenvalue weighted by atomic mass is 16.6. The van der Waals surface area contributed by atoms with Gasteiger partial charge in [-0.25, -0.2) is 0 Å². The smallest absolute Gasteiger partial charge is 0.306 e. The minimum Gasteiger partial charge on any atom is -0.449 e. The van der Waals surface area contributed by atoms with Gasteiger partial charge in [0.15, 0.2) is 0 Å². The van der Waals surface area contributed by atoms with Crippen molar-refractivity contribution in [2.45, 2.75) is 5.79 Å². The third-order valence-electron chi connectivity index (χ3n) is 2.77. The molecule has 0 aromatic heterocycles. The molecule has 0 fully saturated rings. The summed E-state index contributed by atoms with van der Waals surface area (Å²) in [6.07, 6.45) is 0. The lowest BCUT2D eigenvalue weighted by atomic mass is 10.1. The normalized spacial score (nSPS) is 22.0. The number of carbonyl (C=O) groups is 2. The van der Waals surface area contributed by atoms with Crippen molar-refractivity contribution in [3.8, 4) is 5.75 Å². The maximum Gasteiger partial charge on any atom is 0.306 e. The van der Waals surface area contributed by atoms with Crippen molar-refractivity contribution >= 4 is 17.5 Å². The molecule has 0 saturated heterocycles. The Morgan fingerprint density at radius 1 is 1.44 bits per heavy atom. The Morgan fingerprint density at radius 2 is 2.11 bits per heavy atom. The molecule has 0 aliphatic carbocycles. The van der Waals surface area contributed by atoms with Gasteiger partial charge in [-0.15, -0.1) is 0 Å². The van der Waals surface area contributed by atoms with Crippen molar-refractivity contribution in [3.05, 3.63) is 23.8 Å². The van der Waals surface area contributed by atoms with Crippen LogP contribution in [0.3, 0.4) is 0 Å². The van der Waals surface area contributed by atoms with Crippen molar-refractivity contribution in [2.75, 3.05) is 18.5 Å². The van der Waals surface area contributed by atoms with Crippen LogP contribution < -0.4 is 21.1 Å². The van der Waals surface area contributed by atoms with E-state index in [9.17, 15) is 14.7 Å². The van der Waals surface area contributed by atoms with Crippen LogP contribution in [0, 0.1) is 0 Å². The van der Waals surface area contributed by atoms with E-state index in [-0.39, 0.29) is 17.9 Å². The van der Waals surface area contributed by atoms with Crippen LogP contribution in [-0.4, -0.2) is 36.3 Å². The second kappa shape index (κ2) is 3.88. The number of rotatable bonds is 2. The van der Waals surface area contributed by atoms with Gasteiger partial charge in [0.25, 0.3) is 5.91 Å². The molecular formula is C11H13N3O4. The first-order valence-corrected chi connectivity index (χ1v) is 5.20. The monoisotopic (exact) mass is 251 g/mol. The Kier molecular flexibility index (Phi) is 2.63. The highest BCUT2D eigenvalue weighted by molar-refractivity contribution is 5.94. The molecule has 1 unspecified atom stereocenters. The number of hydrogen-bond donors (Lipinski definition) is 3. The van der Waals surface area contributed by atoms with Crippen LogP contribution in [0.15, 0.2) is 18.2 Å². The quantitative estimate of drug-likeness (QED) is 0.609. The van der Waals surface area contributed by atoms with Gasteiger partial charge in [-0.1, -0.05) is 0 Å². The number of benzene rings is 1. The van der Waals surface area contributed by atoms with Gasteiger partial charge in [0.2, 0.25) is 5.91 Å². The summed E-state index contributed by atoms with van der Waals surface area (Å²) in [6, 6.07) is 4.52. The number of primary amides is 2. The van der Waals surface area contributed by atoms with Crippen LogP contribution in [0.5, 0.6) is 5.75 Å². The number of anilines is 1. The van der Waals surface area contributed by atoms with Crippen molar-refractivity contribution in [1.82, 2.24) is 0 Å². The Balaban J connectivity index is 2.47. The largest absolute Gasteiger partial charge is 0.449 e. The number of hydrogen-bond acceptors (Lipinski definition) is 5. The van der Waals surface area contributed by atoms with Crippen LogP contribution in [0.4, 0.5) is 5.69 Å². The van der Waals surface area contributed by atoms with E-state index in [0.717, 1.165) is 0 Å². The summed E-state index contributed by atoms with van der Waals surface area (Å²) in [6.45, 7) is -0.0920. The number of carbonyl (C=O) groups excluding carboxylic acids is 2. The minimum absolute atomic E-state index is 0.0920. The highest BCUT2D eigenvalue weighted by Crippen LogP contribution is 2.35. The zero-order valence-electron chi connectivity index (χ0n) is 9.71. The summed E-state index contributed by atoms with van der Waals surface area (Å²) in [7, 11) is 1.67. The molecule has 1 atom stereocenters. The summed E-state index contributed by atoms with van der Waals surface area (Å²) >= 11 is 0. The fraction of sp³-hybridized carbons (Fsp3) is 0.273. The standard InChI is InChI=1S/C11H13N3O4/c1-14-5-11(17,10(13)16)18-8-4-6(9(12)15)2-3-7(8)14/h2-4,17H,5H2,1H3,(H2,12,15)(H2,13,16). The molecule has 7 heteroatoms. The number of β-amino-alcohol motifs (C(OH)–C–C–N with tert-alkyl or cyclic N) is 1. The molecule has 2 amide bonds. The van der Waals surface area contributed by atoms with Crippen molar-refractivity contribution < 1.29 is 19.4 Å². The van der Waals surface area contributed by atoms with Gasteiger partial charge in [-0.2, -0.15) is 0 Å². The zero-order chi connectivity index (χ0) is 13.5. The molecule has 1 aliphatic rings. The number of nitrogens with zero attached hydrogens (tertiary/aromatic N) is 1. The van der Waals surface area contributed by atoms with Crippen LogP contribution in [0.1, 0.15) is 10.4 Å². The van der Waals surface area contributed by atoms with Crippen LogP contribution >= 0.6 is 0 Å². The third-order valence-corrected chi connectivity index (χ3v) is 2.77. The molecule has 7 nitrogen and oxygen atoms in total. The predicted molar refractivity (Wildman–Crippen MR) is 63.0 cm³/mol. The second-order valence-electron chi connectivity index (χ2n) is 4.15. The molecule has 1 aromatic carbocycles. The lowest BCUT2D eigenvalue weighted by molar-refractivity contribution is -0.170. The molecule has 0 saturated carbocycles. The topological polar surface area (TPSA) is 119 Å². The van der Waals surface area contributed by atoms with E-state index in [1.807, 2.05) is 0 Å². The summed E-state index contributed by atoms with van der Waals surface area (Å²) in [5.41, 5.74) is 11.1. The third kappa shape index (κ3) is 1.84. The van der Waals surface area contributed by atoms with E-state index < -0.39 is 17.6 Å². The van der Waals surface area contributed by atoms with Crippen molar-refractivity contribution in [1.29, 1.82) is 0 Å². The van der Waals surface area contributed by atoms with Gasteiger partial charge >= 0.3 is 5.79 Å². The van der Waals surface area contributed by atoms with Gasteiger partial charge in [0, 0.05) is 12.6 Å². The molecule has 0 bridgehead atoms. The molecule has 0 radical (unpaired) electrons. The summed E-state index contributed by atoms with van der Waals surface area (Å²) in [5, 5.41) is 9.94. The maximum absolute atomic E-state index is 11.2. The Morgan fingerprint density at radius 3 is 2.67 bits per heavy atom. The van der Waals surface area contributed by atoms with Gasteiger partial charge in [-0.05, 0) is 18.2 Å². The van der Waals surface area contributed by atoms with Crippen LogP contribution in [0.25, 0.3) is 0 Å². The number of likely N-dealkylation sites (N-methyl/N-ethyl adjacent to an activating group) is 1. The molecule has 5 N–H and O–H groups in total. The van der Waals surface area contributed by atoms with E-state index >= 15 is 0 Å². The molecule has 96 valence electrons. The van der Waals surface area contributed by atoms with Crippen molar-refractivity contribution in [3.63, 3.8) is 0 Å². The molecule has 1 aromatic rings. The number of ether oxygens (including phenoxy) is 1. The average molecular weight is 251 g/mol. The van der Waals surface area contributed by atoms with Gasteiger partial charge in [0.05, 0.1) is 12.2 Å². The van der Waals surface area contributed by atoms with Gasteiger partial charge in [0.1, 0.15) is 5.75 Å². The molecular weight excluding hydrogens is 238 g/mol. The molecule has 1 aliphatic heterocycles. The Hall–Kier alpha value is -2.28. The first-order chi connectivity index (χ1) is 8.33. The van der Waals surface area contributed by atoms with E-state index in [4.69, 9.17) is 16.2 Å². The summed E-state index contributed by atoms with van der Waals surface area (Å²) in [4.78, 5) is 23.8. The fourth-order valence-corrected chi connectivity index (χ4v) is 1.81. The van der Waals surface area contributed by atoms with E-state index in [1.165, 1.54) is 12.1 Å². The summed E-state index contributed by atoms with van der Waals surface area (Å²) < 4.78 is 5.17. The number of fused-ring (bicyclic) bond motifs is 1. The van der Waals surface area contributed by atoms with Crippen molar-refractivity contribution in [2.24, 2.45) is 11.5 Å². The average Bonchev–Trinajstić information content (AvgIpc) is 2.27. The number of nitrogens with two attached hydrogens (primary N) is 2. The van der Waals surface area contributed by atoms with Crippen LogP contribution in [-0.2, 0) is 4.79 Å². The van der Waals surface area contributed by atoms with Gasteiger partial charge in [-0.3, -0.25) is 9.59 Å². The first kappa shape index (κ1) is 12.2. The lowest BCUT2D eigenvalue weighted by Gasteiger charge is -2.37. The first-order valence-electron chi connectivity index (χ1n) is 5.20. The molecule has 2 rings (SSSR count). The zero-order valence-corrected chi connectivity index (χ0v) is 9.71. The maximum atomic E-state index is 11.2. The van der Waals surface area contributed by atoms with E-state index in [1.54, 1.807) is 18.0 Å².